The van der Waals surface area contributed by atoms with Gasteiger partial charge in [-0.1, -0.05) is 24.6 Å². The average Bonchev–Trinajstić information content (AvgIpc) is 2.72. The standard InChI is InChI=1S/C17H10ClF2N3O2.C3H5F3/c18-11-2-1-3-12(19)16(11)23-17(25)10-6-13(20)9(7-15(10)24)14-8-21-4-5-22-14;1-2-3(4,5)6/h1-8,24H,(H,23,25);2H2,1H3. The first-order valence-electron chi connectivity index (χ1n) is 8.64. The van der Waals surface area contributed by atoms with Gasteiger partial charge in [0.2, 0.25) is 0 Å². The summed E-state index contributed by atoms with van der Waals surface area (Å²) in [7, 11) is 0. The highest BCUT2D eigenvalue weighted by Crippen LogP contribution is 2.30. The highest BCUT2D eigenvalue weighted by molar-refractivity contribution is 6.34. The number of carbonyl (C=O) groups is 1. The molecule has 1 aromatic heterocycles. The number of rotatable bonds is 3. The number of halogens is 6. The van der Waals surface area contributed by atoms with Gasteiger partial charge in [0.15, 0.2) is 0 Å². The number of aromatic nitrogens is 2. The first-order valence-corrected chi connectivity index (χ1v) is 9.02. The molecular formula is C20H15ClF5N3O2. The predicted molar refractivity (Wildman–Crippen MR) is 105 cm³/mol. The summed E-state index contributed by atoms with van der Waals surface area (Å²) in [6.07, 6.45) is -0.586. The molecule has 0 saturated heterocycles. The molecule has 0 atom stereocenters. The number of phenols is 1. The van der Waals surface area contributed by atoms with Crippen LogP contribution in [0.1, 0.15) is 23.7 Å². The summed E-state index contributed by atoms with van der Waals surface area (Å²) in [5.41, 5.74) is -0.457. The van der Waals surface area contributed by atoms with Gasteiger partial charge < -0.3 is 10.4 Å². The smallest absolute Gasteiger partial charge is 0.388 e. The molecule has 0 fully saturated rings. The summed E-state index contributed by atoms with van der Waals surface area (Å²) in [6.45, 7) is 1.08. The topological polar surface area (TPSA) is 75.1 Å². The summed E-state index contributed by atoms with van der Waals surface area (Å²) in [5.74, 6) is -2.94. The van der Waals surface area contributed by atoms with Gasteiger partial charge in [0, 0.05) is 24.4 Å². The van der Waals surface area contributed by atoms with Crippen LogP contribution in [0.25, 0.3) is 11.3 Å². The van der Waals surface area contributed by atoms with E-state index in [2.05, 4.69) is 15.3 Å². The van der Waals surface area contributed by atoms with Gasteiger partial charge in [0.05, 0.1) is 28.2 Å². The maximum Gasteiger partial charge on any atom is 0.388 e. The lowest BCUT2D eigenvalue weighted by Crippen LogP contribution is -2.14. The van der Waals surface area contributed by atoms with E-state index in [1.165, 1.54) is 30.7 Å². The van der Waals surface area contributed by atoms with E-state index in [9.17, 15) is 31.9 Å². The number of nitrogens with zero attached hydrogens (tertiary/aromatic N) is 2. The molecule has 3 rings (SSSR count). The normalized spacial score (nSPS) is 10.8. The Kier molecular flexibility index (Phi) is 7.87. The number of aromatic hydroxyl groups is 1. The molecular weight excluding hydrogens is 445 g/mol. The number of nitrogens with one attached hydrogen (secondary N) is 1. The number of hydrogen-bond acceptors (Lipinski definition) is 4. The molecule has 0 radical (unpaired) electrons. The highest BCUT2D eigenvalue weighted by Gasteiger charge is 2.22. The second-order valence-corrected chi connectivity index (χ2v) is 6.37. The number of amides is 1. The van der Waals surface area contributed by atoms with E-state index in [0.717, 1.165) is 25.1 Å². The zero-order valence-corrected chi connectivity index (χ0v) is 16.6. The molecule has 11 heteroatoms. The molecule has 1 amide bonds. The molecule has 0 spiro atoms. The largest absolute Gasteiger partial charge is 0.507 e. The molecule has 0 unspecified atom stereocenters. The van der Waals surface area contributed by atoms with Crippen molar-refractivity contribution in [1.82, 2.24) is 9.97 Å². The van der Waals surface area contributed by atoms with Crippen molar-refractivity contribution in [3.8, 4) is 17.0 Å². The third kappa shape index (κ3) is 6.61. The lowest BCUT2D eigenvalue weighted by Gasteiger charge is -2.11. The second-order valence-electron chi connectivity index (χ2n) is 5.96. The van der Waals surface area contributed by atoms with E-state index in [1.807, 2.05) is 0 Å². The minimum atomic E-state index is -3.96. The van der Waals surface area contributed by atoms with E-state index < -0.39 is 35.9 Å². The zero-order valence-electron chi connectivity index (χ0n) is 15.8. The monoisotopic (exact) mass is 459 g/mol. The number of para-hydroxylation sites is 1. The lowest BCUT2D eigenvalue weighted by atomic mass is 10.1. The molecule has 0 bridgehead atoms. The minimum Gasteiger partial charge on any atom is -0.507 e. The Labute approximate surface area is 178 Å². The Morgan fingerprint density at radius 1 is 1.16 bits per heavy atom. The minimum absolute atomic E-state index is 0.0222. The zero-order chi connectivity index (χ0) is 23.2. The summed E-state index contributed by atoms with van der Waals surface area (Å²) in [5, 5.41) is 12.3. The molecule has 1 heterocycles. The third-order valence-electron chi connectivity index (χ3n) is 3.77. The van der Waals surface area contributed by atoms with Gasteiger partial charge in [-0.15, -0.1) is 0 Å². The van der Waals surface area contributed by atoms with E-state index >= 15 is 0 Å². The van der Waals surface area contributed by atoms with Crippen LogP contribution in [0, 0.1) is 11.6 Å². The lowest BCUT2D eigenvalue weighted by molar-refractivity contribution is -0.130. The first-order chi connectivity index (χ1) is 14.5. The summed E-state index contributed by atoms with van der Waals surface area (Å²) >= 11 is 5.83. The van der Waals surface area contributed by atoms with Crippen LogP contribution in [0.5, 0.6) is 5.75 Å². The van der Waals surface area contributed by atoms with Gasteiger partial charge in [0.1, 0.15) is 17.4 Å². The van der Waals surface area contributed by atoms with Crippen molar-refractivity contribution in [2.24, 2.45) is 0 Å². The van der Waals surface area contributed by atoms with Crippen LogP contribution in [0.15, 0.2) is 48.9 Å². The predicted octanol–water partition coefficient (Wildman–Crippen LogP) is 5.99. The number of benzene rings is 2. The maximum absolute atomic E-state index is 14.3. The van der Waals surface area contributed by atoms with Crippen molar-refractivity contribution >= 4 is 23.2 Å². The van der Waals surface area contributed by atoms with Crippen LogP contribution in [-0.4, -0.2) is 27.2 Å². The number of alkyl halides is 3. The molecule has 0 saturated carbocycles. The van der Waals surface area contributed by atoms with E-state index in [-0.39, 0.29) is 27.5 Å². The Morgan fingerprint density at radius 3 is 2.39 bits per heavy atom. The van der Waals surface area contributed by atoms with Gasteiger partial charge in [-0.05, 0) is 24.3 Å². The van der Waals surface area contributed by atoms with E-state index in [0.29, 0.717) is 0 Å². The van der Waals surface area contributed by atoms with Gasteiger partial charge in [-0.3, -0.25) is 14.8 Å². The van der Waals surface area contributed by atoms with Gasteiger partial charge in [-0.2, -0.15) is 13.2 Å². The molecule has 3 aromatic rings. The van der Waals surface area contributed by atoms with Gasteiger partial charge in [0.25, 0.3) is 5.91 Å². The Morgan fingerprint density at radius 2 is 1.84 bits per heavy atom. The molecule has 0 aliphatic carbocycles. The van der Waals surface area contributed by atoms with E-state index in [1.54, 1.807) is 0 Å². The number of phenolic OH excluding ortho intramolecular Hbond substituents is 1. The van der Waals surface area contributed by atoms with Crippen LogP contribution >= 0.6 is 11.6 Å². The number of anilines is 1. The summed E-state index contributed by atoms with van der Waals surface area (Å²) < 4.78 is 60.4. The Bertz CT molecular complexity index is 1040. The summed E-state index contributed by atoms with van der Waals surface area (Å²) in [4.78, 5) is 20.0. The van der Waals surface area contributed by atoms with Crippen molar-refractivity contribution in [2.75, 3.05) is 5.32 Å². The Hall–Kier alpha value is -3.27. The fourth-order valence-corrected chi connectivity index (χ4v) is 2.39. The van der Waals surface area contributed by atoms with Crippen molar-refractivity contribution in [3.05, 3.63) is 71.1 Å². The Balaban J connectivity index is 0.000000501. The van der Waals surface area contributed by atoms with Crippen LogP contribution in [-0.2, 0) is 0 Å². The van der Waals surface area contributed by atoms with Crippen LogP contribution in [0.3, 0.4) is 0 Å². The van der Waals surface area contributed by atoms with Crippen molar-refractivity contribution < 1.29 is 31.9 Å². The van der Waals surface area contributed by atoms with Crippen molar-refractivity contribution in [3.63, 3.8) is 0 Å². The van der Waals surface area contributed by atoms with Gasteiger partial charge >= 0.3 is 6.18 Å². The van der Waals surface area contributed by atoms with Crippen molar-refractivity contribution in [1.29, 1.82) is 0 Å². The van der Waals surface area contributed by atoms with Crippen LogP contribution in [0.4, 0.5) is 27.6 Å². The molecule has 31 heavy (non-hydrogen) atoms. The molecule has 2 aromatic carbocycles. The highest BCUT2D eigenvalue weighted by atomic mass is 35.5. The third-order valence-corrected chi connectivity index (χ3v) is 4.09. The fraction of sp³-hybridized carbons (Fsp3) is 0.150. The number of hydrogen-bond donors (Lipinski definition) is 2. The van der Waals surface area contributed by atoms with Gasteiger partial charge in [-0.25, -0.2) is 8.78 Å². The van der Waals surface area contributed by atoms with E-state index in [4.69, 9.17) is 11.6 Å². The average molecular weight is 460 g/mol. The summed E-state index contributed by atoms with van der Waals surface area (Å²) in [6, 6.07) is 5.76. The fourth-order valence-electron chi connectivity index (χ4n) is 2.18. The molecule has 5 nitrogen and oxygen atoms in total. The van der Waals surface area contributed by atoms with Crippen molar-refractivity contribution in [2.45, 2.75) is 19.5 Å². The quantitative estimate of drug-likeness (QED) is 0.472. The second kappa shape index (κ2) is 10.2. The molecule has 164 valence electrons. The van der Waals surface area contributed by atoms with Crippen LogP contribution in [0.2, 0.25) is 5.02 Å². The molecule has 0 aliphatic rings. The van der Waals surface area contributed by atoms with Crippen LogP contribution < -0.4 is 5.32 Å². The molecule has 2 N–H and O–H groups in total. The SMILES string of the molecule is CCC(F)(F)F.O=C(Nc1c(F)cccc1Cl)c1cc(F)c(-c2cnccn2)cc1O. The number of carbonyl (C=O) groups excluding carboxylic acids is 1. The first kappa shape index (κ1) is 24.0. The maximum atomic E-state index is 14.3. The molecule has 0 aliphatic heterocycles.